The van der Waals surface area contributed by atoms with Crippen LogP contribution in [0.2, 0.25) is 0 Å². The molecule has 7 heteroatoms. The third-order valence-electron chi connectivity index (χ3n) is 4.66. The highest BCUT2D eigenvalue weighted by molar-refractivity contribution is 5.74. The Labute approximate surface area is 164 Å². The number of ether oxygens (including phenoxy) is 3. The van der Waals surface area contributed by atoms with Crippen LogP contribution in [0.3, 0.4) is 0 Å². The Morgan fingerprint density at radius 2 is 2.07 bits per heavy atom. The molecular weight excluding hydrogens is 363 g/mol. The van der Waals surface area contributed by atoms with Crippen molar-refractivity contribution in [1.82, 2.24) is 10.6 Å². The second-order valence-electron chi connectivity index (χ2n) is 6.55. The highest BCUT2D eigenvalue weighted by Gasteiger charge is 2.17. The SMILES string of the molecule is CCC(NC(=O)NCCc1cc(F)cc2c1OCOC2)c1ccc(OC)cc1. The van der Waals surface area contributed by atoms with Crippen LogP contribution >= 0.6 is 0 Å². The van der Waals surface area contributed by atoms with E-state index in [0.717, 1.165) is 23.3 Å². The Hall–Kier alpha value is -2.80. The number of carbonyl (C=O) groups is 1. The molecule has 3 rings (SSSR count). The average Bonchev–Trinajstić information content (AvgIpc) is 2.72. The number of hydrogen-bond donors (Lipinski definition) is 2. The maximum absolute atomic E-state index is 13.8. The molecule has 2 aromatic rings. The molecule has 1 aliphatic heterocycles. The summed E-state index contributed by atoms with van der Waals surface area (Å²) >= 11 is 0. The summed E-state index contributed by atoms with van der Waals surface area (Å²) in [6, 6.07) is 10.1. The predicted octanol–water partition coefficient (Wildman–Crippen LogP) is 3.69. The van der Waals surface area contributed by atoms with E-state index in [1.165, 1.54) is 12.1 Å². The number of hydrogen-bond acceptors (Lipinski definition) is 4. The molecule has 0 bridgehead atoms. The van der Waals surface area contributed by atoms with Gasteiger partial charge in [-0.05, 0) is 48.2 Å². The lowest BCUT2D eigenvalue weighted by atomic mass is 10.0. The number of carbonyl (C=O) groups excluding carboxylic acids is 1. The van der Waals surface area contributed by atoms with Crippen LogP contribution < -0.4 is 20.1 Å². The van der Waals surface area contributed by atoms with Gasteiger partial charge in [-0.2, -0.15) is 0 Å². The first-order valence-electron chi connectivity index (χ1n) is 9.31. The van der Waals surface area contributed by atoms with Crippen LogP contribution in [0.1, 0.15) is 36.1 Å². The molecule has 150 valence electrons. The first-order chi connectivity index (χ1) is 13.6. The Morgan fingerprint density at radius 3 is 2.79 bits per heavy atom. The van der Waals surface area contributed by atoms with Gasteiger partial charge in [0.05, 0.1) is 19.8 Å². The van der Waals surface area contributed by atoms with E-state index >= 15 is 0 Å². The summed E-state index contributed by atoms with van der Waals surface area (Å²) in [5, 5.41) is 5.79. The van der Waals surface area contributed by atoms with Crippen molar-refractivity contribution in [2.24, 2.45) is 0 Å². The molecule has 0 fully saturated rings. The normalized spacial score (nSPS) is 13.8. The number of rotatable bonds is 7. The molecule has 0 saturated heterocycles. The Kier molecular flexibility index (Phi) is 6.71. The van der Waals surface area contributed by atoms with E-state index < -0.39 is 0 Å². The lowest BCUT2D eigenvalue weighted by Gasteiger charge is -2.21. The second kappa shape index (κ2) is 9.41. The van der Waals surface area contributed by atoms with Gasteiger partial charge >= 0.3 is 6.03 Å². The lowest BCUT2D eigenvalue weighted by molar-refractivity contribution is -0.0172. The third-order valence-corrected chi connectivity index (χ3v) is 4.66. The van der Waals surface area contributed by atoms with Crippen LogP contribution in [0.25, 0.3) is 0 Å². The topological polar surface area (TPSA) is 68.8 Å². The maximum Gasteiger partial charge on any atom is 0.315 e. The smallest absolute Gasteiger partial charge is 0.315 e. The minimum absolute atomic E-state index is 0.103. The summed E-state index contributed by atoms with van der Waals surface area (Å²) in [6.45, 7) is 2.85. The van der Waals surface area contributed by atoms with Crippen molar-refractivity contribution in [3.63, 3.8) is 0 Å². The molecule has 2 amide bonds. The van der Waals surface area contributed by atoms with E-state index in [1.807, 2.05) is 31.2 Å². The minimum Gasteiger partial charge on any atom is -0.497 e. The van der Waals surface area contributed by atoms with Gasteiger partial charge in [-0.15, -0.1) is 0 Å². The third kappa shape index (κ3) is 4.92. The fourth-order valence-electron chi connectivity index (χ4n) is 3.22. The Balaban J connectivity index is 1.54. The zero-order chi connectivity index (χ0) is 19.9. The zero-order valence-electron chi connectivity index (χ0n) is 16.1. The van der Waals surface area contributed by atoms with Crippen LogP contribution in [0.5, 0.6) is 11.5 Å². The Bertz CT molecular complexity index is 811. The van der Waals surface area contributed by atoms with Crippen molar-refractivity contribution in [3.8, 4) is 11.5 Å². The van der Waals surface area contributed by atoms with E-state index in [2.05, 4.69) is 10.6 Å². The quantitative estimate of drug-likeness (QED) is 0.759. The number of halogens is 1. The van der Waals surface area contributed by atoms with Gasteiger partial charge in [-0.3, -0.25) is 0 Å². The number of urea groups is 1. The summed E-state index contributed by atoms with van der Waals surface area (Å²) in [5.74, 6) is 1.09. The monoisotopic (exact) mass is 388 g/mol. The van der Waals surface area contributed by atoms with Crippen LogP contribution in [0.15, 0.2) is 36.4 Å². The van der Waals surface area contributed by atoms with Crippen molar-refractivity contribution < 1.29 is 23.4 Å². The molecule has 6 nitrogen and oxygen atoms in total. The van der Waals surface area contributed by atoms with Gasteiger partial charge in [0, 0.05) is 12.1 Å². The molecule has 0 aromatic heterocycles. The fourth-order valence-corrected chi connectivity index (χ4v) is 3.22. The molecule has 1 heterocycles. The molecule has 1 atom stereocenters. The molecule has 0 aliphatic carbocycles. The van der Waals surface area contributed by atoms with Gasteiger partial charge in [0.15, 0.2) is 6.79 Å². The van der Waals surface area contributed by atoms with Gasteiger partial charge in [0.1, 0.15) is 17.3 Å². The maximum atomic E-state index is 13.8. The first kappa shape index (κ1) is 19.9. The number of benzene rings is 2. The second-order valence-corrected chi connectivity index (χ2v) is 6.55. The van der Waals surface area contributed by atoms with Gasteiger partial charge in [0.2, 0.25) is 0 Å². The van der Waals surface area contributed by atoms with Gasteiger partial charge in [-0.25, -0.2) is 9.18 Å². The van der Waals surface area contributed by atoms with Crippen LogP contribution in [0, 0.1) is 5.82 Å². The van der Waals surface area contributed by atoms with Crippen LogP contribution in [0.4, 0.5) is 9.18 Å². The van der Waals surface area contributed by atoms with E-state index in [0.29, 0.717) is 30.9 Å². The molecule has 0 saturated carbocycles. The average molecular weight is 388 g/mol. The summed E-state index contributed by atoms with van der Waals surface area (Å²) < 4.78 is 29.6. The first-order valence-corrected chi connectivity index (χ1v) is 9.31. The summed E-state index contributed by atoms with van der Waals surface area (Å²) in [4.78, 5) is 12.3. The van der Waals surface area contributed by atoms with Crippen molar-refractivity contribution in [2.45, 2.75) is 32.4 Å². The van der Waals surface area contributed by atoms with Gasteiger partial charge < -0.3 is 24.8 Å². The molecule has 0 radical (unpaired) electrons. The van der Waals surface area contributed by atoms with Crippen molar-refractivity contribution in [2.75, 3.05) is 20.4 Å². The van der Waals surface area contributed by atoms with Crippen molar-refractivity contribution in [3.05, 3.63) is 58.9 Å². The molecule has 2 N–H and O–H groups in total. The molecule has 28 heavy (non-hydrogen) atoms. The van der Waals surface area contributed by atoms with Gasteiger partial charge in [-0.1, -0.05) is 19.1 Å². The van der Waals surface area contributed by atoms with Crippen LogP contribution in [-0.2, 0) is 17.8 Å². The van der Waals surface area contributed by atoms with E-state index in [1.54, 1.807) is 7.11 Å². The molecule has 1 unspecified atom stereocenters. The van der Waals surface area contributed by atoms with E-state index in [9.17, 15) is 9.18 Å². The predicted molar refractivity (Wildman–Crippen MR) is 103 cm³/mol. The van der Waals surface area contributed by atoms with Gasteiger partial charge in [0.25, 0.3) is 0 Å². The van der Waals surface area contributed by atoms with E-state index in [4.69, 9.17) is 14.2 Å². The van der Waals surface area contributed by atoms with Crippen molar-refractivity contribution in [1.29, 1.82) is 0 Å². The standard InChI is InChI=1S/C21H25FN2O4/c1-3-19(14-4-6-18(26-2)7-5-14)24-21(25)23-9-8-15-10-17(22)11-16-12-27-13-28-20(15)16/h4-7,10-11,19H,3,8-9,12-13H2,1-2H3,(H2,23,24,25). The number of fused-ring (bicyclic) bond motifs is 1. The molecular formula is C21H25FN2O4. The highest BCUT2D eigenvalue weighted by atomic mass is 19.1. The number of methoxy groups -OCH3 is 1. The largest absolute Gasteiger partial charge is 0.497 e. The van der Waals surface area contributed by atoms with E-state index in [-0.39, 0.29) is 24.7 Å². The summed E-state index contributed by atoms with van der Waals surface area (Å²) in [5.41, 5.74) is 2.42. The Morgan fingerprint density at radius 1 is 1.29 bits per heavy atom. The summed E-state index contributed by atoms with van der Waals surface area (Å²) in [7, 11) is 1.62. The fraction of sp³-hybridized carbons (Fsp3) is 0.381. The molecule has 0 spiro atoms. The number of amides is 2. The van der Waals surface area contributed by atoms with Crippen LogP contribution in [-0.4, -0.2) is 26.5 Å². The number of nitrogens with one attached hydrogen (secondary N) is 2. The zero-order valence-corrected chi connectivity index (χ0v) is 16.1. The molecule has 1 aliphatic rings. The molecule has 2 aromatic carbocycles. The minimum atomic E-state index is -0.335. The summed E-state index contributed by atoms with van der Waals surface area (Å²) in [6.07, 6.45) is 1.22. The van der Waals surface area contributed by atoms with Crippen molar-refractivity contribution >= 4 is 6.03 Å². The highest BCUT2D eigenvalue weighted by Crippen LogP contribution is 2.29. The lowest BCUT2D eigenvalue weighted by Crippen LogP contribution is -2.38.